The fraction of sp³-hybridized carbons (Fsp3) is 0.273. The minimum Gasteiger partial charge on any atom is -0.493 e. The third kappa shape index (κ3) is 4.86. The number of primary amides is 1. The van der Waals surface area contributed by atoms with Gasteiger partial charge in [-0.3, -0.25) is 0 Å². The summed E-state index contributed by atoms with van der Waals surface area (Å²) in [5.41, 5.74) is 7.80. The first-order valence-electron chi connectivity index (χ1n) is 5.14. The number of halogens is 1. The number of nitrogens with two attached hydrogens (primary N) is 1. The summed E-state index contributed by atoms with van der Waals surface area (Å²) in [5.74, 6) is 0.705. The first kappa shape index (κ1) is 13.5. The van der Waals surface area contributed by atoms with Gasteiger partial charge < -0.3 is 10.5 Å². The lowest BCUT2D eigenvalue weighted by Crippen LogP contribution is -2.24. The van der Waals surface area contributed by atoms with E-state index in [1.807, 2.05) is 25.1 Å². The van der Waals surface area contributed by atoms with Crippen LogP contribution in [0.4, 0.5) is 4.79 Å². The molecular formula is C11H14BrN3O2. The van der Waals surface area contributed by atoms with Gasteiger partial charge in [0.25, 0.3) is 0 Å². The minimum absolute atomic E-state index is 0.626. The Morgan fingerprint density at radius 3 is 3.06 bits per heavy atom. The molecule has 0 aliphatic heterocycles. The maximum Gasteiger partial charge on any atom is 0.332 e. The van der Waals surface area contributed by atoms with Crippen molar-refractivity contribution in [2.45, 2.75) is 13.3 Å². The van der Waals surface area contributed by atoms with Crippen molar-refractivity contribution in [3.63, 3.8) is 0 Å². The molecule has 0 saturated carbocycles. The van der Waals surface area contributed by atoms with Crippen LogP contribution in [0.5, 0.6) is 5.75 Å². The molecule has 0 atom stereocenters. The highest BCUT2D eigenvalue weighted by atomic mass is 79.9. The van der Waals surface area contributed by atoms with E-state index in [0.29, 0.717) is 12.4 Å². The number of urea groups is 1. The van der Waals surface area contributed by atoms with Gasteiger partial charge in [0, 0.05) is 10.0 Å². The predicted octanol–water partition coefficient (Wildman–Crippen LogP) is 2.24. The van der Waals surface area contributed by atoms with Crippen LogP contribution in [-0.2, 0) is 0 Å². The molecule has 0 bridgehead atoms. The molecule has 0 saturated heterocycles. The van der Waals surface area contributed by atoms with Gasteiger partial charge in [-0.05, 0) is 24.6 Å². The minimum atomic E-state index is -0.700. The van der Waals surface area contributed by atoms with Gasteiger partial charge in [-0.15, -0.1) is 0 Å². The average molecular weight is 300 g/mol. The fourth-order valence-electron chi connectivity index (χ4n) is 1.12. The number of rotatable bonds is 5. The number of ether oxygens (including phenoxy) is 1. The summed E-state index contributed by atoms with van der Waals surface area (Å²) in [6.07, 6.45) is 2.41. The molecule has 0 fully saturated rings. The van der Waals surface area contributed by atoms with Crippen LogP contribution >= 0.6 is 15.9 Å². The number of hydrazone groups is 1. The number of hydrogen-bond acceptors (Lipinski definition) is 3. The number of nitrogens with one attached hydrogen (secondary N) is 1. The Morgan fingerprint density at radius 1 is 1.65 bits per heavy atom. The second kappa shape index (κ2) is 6.90. The van der Waals surface area contributed by atoms with Crippen molar-refractivity contribution in [2.75, 3.05) is 6.61 Å². The summed E-state index contributed by atoms with van der Waals surface area (Å²) < 4.78 is 6.48. The third-order valence-corrected chi connectivity index (χ3v) is 2.31. The number of carbonyl (C=O) groups excluding carboxylic acids is 1. The number of hydrogen-bond donors (Lipinski definition) is 2. The molecule has 2 amide bonds. The molecular weight excluding hydrogens is 286 g/mol. The van der Waals surface area contributed by atoms with E-state index in [1.165, 1.54) is 6.21 Å². The summed E-state index contributed by atoms with van der Waals surface area (Å²) in [4.78, 5) is 10.5. The van der Waals surface area contributed by atoms with E-state index < -0.39 is 6.03 Å². The maximum absolute atomic E-state index is 10.5. The highest BCUT2D eigenvalue weighted by molar-refractivity contribution is 9.10. The van der Waals surface area contributed by atoms with Crippen molar-refractivity contribution in [3.05, 3.63) is 28.2 Å². The summed E-state index contributed by atoms with van der Waals surface area (Å²) >= 11 is 3.37. The van der Waals surface area contributed by atoms with E-state index in [1.54, 1.807) is 0 Å². The lowest BCUT2D eigenvalue weighted by atomic mass is 10.2. The maximum atomic E-state index is 10.5. The summed E-state index contributed by atoms with van der Waals surface area (Å²) in [7, 11) is 0. The highest BCUT2D eigenvalue weighted by Crippen LogP contribution is 2.22. The van der Waals surface area contributed by atoms with E-state index in [4.69, 9.17) is 10.5 Å². The lowest BCUT2D eigenvalue weighted by molar-refractivity contribution is 0.249. The molecule has 6 heteroatoms. The lowest BCUT2D eigenvalue weighted by Gasteiger charge is -2.08. The van der Waals surface area contributed by atoms with Gasteiger partial charge in [-0.25, -0.2) is 10.2 Å². The summed E-state index contributed by atoms with van der Waals surface area (Å²) in [6, 6.07) is 4.85. The quantitative estimate of drug-likeness (QED) is 0.646. The van der Waals surface area contributed by atoms with Crippen molar-refractivity contribution in [1.82, 2.24) is 5.43 Å². The zero-order chi connectivity index (χ0) is 12.7. The second-order valence-corrected chi connectivity index (χ2v) is 4.18. The molecule has 1 rings (SSSR count). The monoisotopic (exact) mass is 299 g/mol. The fourth-order valence-corrected chi connectivity index (χ4v) is 1.46. The molecule has 0 aliphatic carbocycles. The summed E-state index contributed by atoms with van der Waals surface area (Å²) in [5, 5.41) is 3.69. The Balaban J connectivity index is 2.81. The van der Waals surface area contributed by atoms with Crippen molar-refractivity contribution in [3.8, 4) is 5.75 Å². The van der Waals surface area contributed by atoms with Crippen LogP contribution in [0.15, 0.2) is 27.8 Å². The van der Waals surface area contributed by atoms with E-state index in [9.17, 15) is 4.79 Å². The van der Waals surface area contributed by atoms with Gasteiger partial charge >= 0.3 is 6.03 Å². The average Bonchev–Trinajstić information content (AvgIpc) is 2.28. The van der Waals surface area contributed by atoms with Crippen molar-refractivity contribution < 1.29 is 9.53 Å². The molecule has 1 aromatic rings. The highest BCUT2D eigenvalue weighted by Gasteiger charge is 2.02. The van der Waals surface area contributed by atoms with E-state index in [0.717, 1.165) is 16.5 Å². The first-order chi connectivity index (χ1) is 8.13. The van der Waals surface area contributed by atoms with E-state index >= 15 is 0 Å². The van der Waals surface area contributed by atoms with Crippen LogP contribution in [0.25, 0.3) is 0 Å². The van der Waals surface area contributed by atoms with Gasteiger partial charge in [0.1, 0.15) is 5.75 Å². The molecule has 0 unspecified atom stereocenters. The number of nitrogens with zero attached hydrogens (tertiary/aromatic N) is 1. The molecule has 0 aromatic heterocycles. The van der Waals surface area contributed by atoms with Crippen LogP contribution in [0.2, 0.25) is 0 Å². The molecule has 17 heavy (non-hydrogen) atoms. The molecule has 1 aromatic carbocycles. The van der Waals surface area contributed by atoms with Crippen LogP contribution in [-0.4, -0.2) is 18.9 Å². The molecule has 0 aliphatic rings. The molecule has 92 valence electrons. The number of benzene rings is 1. The summed E-state index contributed by atoms with van der Waals surface area (Å²) in [6.45, 7) is 2.65. The zero-order valence-electron chi connectivity index (χ0n) is 9.44. The van der Waals surface area contributed by atoms with Gasteiger partial charge in [-0.1, -0.05) is 22.9 Å². The largest absolute Gasteiger partial charge is 0.493 e. The number of amides is 2. The topological polar surface area (TPSA) is 76.7 Å². The molecule has 0 heterocycles. The Hall–Kier alpha value is -1.56. The predicted molar refractivity (Wildman–Crippen MR) is 70.2 cm³/mol. The van der Waals surface area contributed by atoms with Gasteiger partial charge in [0.15, 0.2) is 0 Å². The number of carbonyl (C=O) groups is 1. The Labute approximate surface area is 108 Å². The second-order valence-electron chi connectivity index (χ2n) is 3.26. The van der Waals surface area contributed by atoms with Crippen molar-refractivity contribution >= 4 is 28.2 Å². The standard InChI is InChI=1S/C11H14BrN3O2/c1-2-5-17-10-6-9(12)4-3-8(10)7-14-15-11(13)16/h3-4,6-7H,2,5H2,1H3,(H3,13,15,16). The van der Waals surface area contributed by atoms with Gasteiger partial charge in [0.2, 0.25) is 0 Å². The zero-order valence-corrected chi connectivity index (χ0v) is 11.0. The molecule has 3 N–H and O–H groups in total. The van der Waals surface area contributed by atoms with Crippen LogP contribution in [0, 0.1) is 0 Å². The van der Waals surface area contributed by atoms with Gasteiger partial charge in [0.05, 0.1) is 12.8 Å². The van der Waals surface area contributed by atoms with Crippen LogP contribution < -0.4 is 15.9 Å². The Morgan fingerprint density at radius 2 is 2.41 bits per heavy atom. The Kier molecular flexibility index (Phi) is 5.48. The normalized spacial score (nSPS) is 10.5. The SMILES string of the molecule is CCCOc1cc(Br)ccc1C=NNC(N)=O. The molecule has 0 radical (unpaired) electrons. The van der Waals surface area contributed by atoms with E-state index in [2.05, 4.69) is 26.5 Å². The van der Waals surface area contributed by atoms with Crippen molar-refractivity contribution in [1.29, 1.82) is 0 Å². The third-order valence-electron chi connectivity index (χ3n) is 1.82. The first-order valence-corrected chi connectivity index (χ1v) is 5.93. The van der Waals surface area contributed by atoms with Crippen molar-refractivity contribution in [2.24, 2.45) is 10.8 Å². The Bertz CT molecular complexity index is 421. The van der Waals surface area contributed by atoms with Crippen LogP contribution in [0.1, 0.15) is 18.9 Å². The smallest absolute Gasteiger partial charge is 0.332 e. The molecule has 5 nitrogen and oxygen atoms in total. The molecule has 0 spiro atoms. The van der Waals surface area contributed by atoms with Crippen LogP contribution in [0.3, 0.4) is 0 Å². The van der Waals surface area contributed by atoms with E-state index in [-0.39, 0.29) is 0 Å². The van der Waals surface area contributed by atoms with Gasteiger partial charge in [-0.2, -0.15) is 5.10 Å².